The number of hydrogen-bond donors (Lipinski definition) is 0. The van der Waals surface area contributed by atoms with Gasteiger partial charge in [-0.2, -0.15) is 4.99 Å². The van der Waals surface area contributed by atoms with E-state index in [-0.39, 0.29) is 40.1 Å². The van der Waals surface area contributed by atoms with Crippen LogP contribution in [0.15, 0.2) is 58.4 Å². The number of benzene rings is 1. The lowest BCUT2D eigenvalue weighted by molar-refractivity contribution is 0.0523. The first-order valence-corrected chi connectivity index (χ1v) is 12.4. The quantitative estimate of drug-likeness (QED) is 0.298. The average Bonchev–Trinajstić information content (AvgIpc) is 2.84. The van der Waals surface area contributed by atoms with Gasteiger partial charge in [0.15, 0.2) is 5.49 Å². The molecule has 4 rings (SSSR count). The van der Waals surface area contributed by atoms with Gasteiger partial charge in [0.2, 0.25) is 0 Å². The second-order valence-electron chi connectivity index (χ2n) is 10.3. The molecule has 0 unspecified atom stereocenters. The summed E-state index contributed by atoms with van der Waals surface area (Å²) in [6.45, 7) is 13.8. The molecule has 1 aromatic carbocycles. The number of fused-ring (bicyclic) bond motifs is 2. The van der Waals surface area contributed by atoms with Crippen molar-refractivity contribution in [2.24, 2.45) is 4.99 Å². The molecule has 0 aliphatic rings. The number of nitrogens with zero attached hydrogens (tertiary/aromatic N) is 4. The van der Waals surface area contributed by atoms with Crippen molar-refractivity contribution < 1.29 is 14.3 Å². The molecule has 192 valence electrons. The van der Waals surface area contributed by atoms with Crippen molar-refractivity contribution in [2.45, 2.75) is 59.9 Å². The first-order valence-electron chi connectivity index (χ1n) is 12.4. The van der Waals surface area contributed by atoms with E-state index in [4.69, 9.17) is 9.72 Å². The maximum Gasteiger partial charge on any atom is 0.341 e. The predicted molar refractivity (Wildman–Crippen MR) is 143 cm³/mol. The van der Waals surface area contributed by atoms with Crippen molar-refractivity contribution in [2.75, 3.05) is 6.61 Å². The number of esters is 1. The number of carbonyl (C=O) groups is 2. The molecular weight excluding hydrogens is 468 g/mol. The summed E-state index contributed by atoms with van der Waals surface area (Å²) in [5.41, 5.74) is 2.90. The first-order chi connectivity index (χ1) is 17.4. The molecule has 0 aliphatic heterocycles. The zero-order valence-electron chi connectivity index (χ0n) is 22.3. The topological polar surface area (TPSA) is 95.0 Å². The number of ether oxygens (including phenoxy) is 1. The zero-order valence-corrected chi connectivity index (χ0v) is 22.3. The number of aromatic nitrogens is 3. The molecule has 0 fully saturated rings. The summed E-state index contributed by atoms with van der Waals surface area (Å²) in [5, 5.41) is 0.237. The van der Waals surface area contributed by atoms with Crippen LogP contribution < -0.4 is 11.0 Å². The van der Waals surface area contributed by atoms with Crippen molar-refractivity contribution in [1.82, 2.24) is 14.0 Å². The van der Waals surface area contributed by atoms with Crippen molar-refractivity contribution in [3.05, 3.63) is 86.8 Å². The number of rotatable bonds is 4. The predicted octanol–water partition coefficient (Wildman–Crippen LogP) is 4.75. The Morgan fingerprint density at radius 1 is 1.08 bits per heavy atom. The van der Waals surface area contributed by atoms with Gasteiger partial charge in [0, 0.05) is 17.8 Å². The van der Waals surface area contributed by atoms with Gasteiger partial charge in [0.25, 0.3) is 11.5 Å². The van der Waals surface area contributed by atoms with E-state index in [1.54, 1.807) is 35.9 Å². The van der Waals surface area contributed by atoms with Crippen LogP contribution in [0.2, 0.25) is 0 Å². The van der Waals surface area contributed by atoms with E-state index in [1.807, 2.05) is 39.0 Å². The Morgan fingerprint density at radius 3 is 2.35 bits per heavy atom. The number of pyridine rings is 2. The van der Waals surface area contributed by atoms with Crippen molar-refractivity contribution >= 4 is 28.6 Å². The van der Waals surface area contributed by atoms with Crippen LogP contribution in [0.4, 0.5) is 0 Å². The molecule has 0 radical (unpaired) electrons. The second-order valence-corrected chi connectivity index (χ2v) is 10.3. The largest absolute Gasteiger partial charge is 0.462 e. The van der Waals surface area contributed by atoms with Gasteiger partial charge in [-0.25, -0.2) is 9.78 Å². The van der Waals surface area contributed by atoms with Gasteiger partial charge in [0.05, 0.1) is 12.0 Å². The third kappa shape index (κ3) is 4.83. The lowest BCUT2D eigenvalue weighted by Crippen LogP contribution is -2.33. The van der Waals surface area contributed by atoms with E-state index >= 15 is 0 Å². The number of amides is 1. The van der Waals surface area contributed by atoms with Crippen LogP contribution in [0.1, 0.15) is 79.4 Å². The van der Waals surface area contributed by atoms with Crippen LogP contribution in [0.25, 0.3) is 16.7 Å². The Hall–Kier alpha value is -4.07. The summed E-state index contributed by atoms with van der Waals surface area (Å²) in [6.07, 6.45) is 1.64. The van der Waals surface area contributed by atoms with Crippen molar-refractivity contribution in [3.63, 3.8) is 0 Å². The summed E-state index contributed by atoms with van der Waals surface area (Å²) in [6, 6.07) is 12.1. The van der Waals surface area contributed by atoms with E-state index in [0.717, 1.165) is 11.1 Å². The minimum atomic E-state index is -0.665. The minimum Gasteiger partial charge on any atom is -0.462 e. The standard InChI is InChI=1S/C29H32N4O4/c1-8-37-28(36)22-16-21-24(30-23-18(4)10-9-15-32(23)27(21)35)33(17(2)3)25(22)31-26(34)19-11-13-20(14-12-19)29(5,6)7/h9-17H,8H2,1-7H3. The third-order valence-electron chi connectivity index (χ3n) is 6.27. The smallest absolute Gasteiger partial charge is 0.341 e. The average molecular weight is 501 g/mol. The zero-order chi connectivity index (χ0) is 27.1. The fraction of sp³-hybridized carbons (Fsp3) is 0.345. The van der Waals surface area contributed by atoms with E-state index in [0.29, 0.717) is 16.9 Å². The summed E-state index contributed by atoms with van der Waals surface area (Å²) in [4.78, 5) is 49.0. The fourth-order valence-corrected chi connectivity index (χ4v) is 4.29. The summed E-state index contributed by atoms with van der Waals surface area (Å²) in [5.74, 6) is -1.17. The van der Waals surface area contributed by atoms with Crippen molar-refractivity contribution in [3.8, 4) is 0 Å². The molecule has 1 amide bonds. The molecule has 0 aliphatic carbocycles. The van der Waals surface area contributed by atoms with E-state index in [1.165, 1.54) is 10.5 Å². The van der Waals surface area contributed by atoms with Gasteiger partial charge < -0.3 is 9.30 Å². The Bertz CT molecular complexity index is 1650. The molecule has 0 spiro atoms. The van der Waals surface area contributed by atoms with E-state index in [9.17, 15) is 14.4 Å². The molecule has 4 aromatic rings. The molecule has 8 heteroatoms. The highest BCUT2D eigenvalue weighted by Crippen LogP contribution is 2.22. The molecule has 3 heterocycles. The molecule has 37 heavy (non-hydrogen) atoms. The van der Waals surface area contributed by atoms with E-state index < -0.39 is 11.9 Å². The molecule has 0 saturated carbocycles. The van der Waals surface area contributed by atoms with Gasteiger partial charge in [-0.15, -0.1) is 0 Å². The molecule has 3 aromatic heterocycles. The number of carbonyl (C=O) groups excluding carboxylic acids is 2. The van der Waals surface area contributed by atoms with Crippen LogP contribution in [0, 0.1) is 6.92 Å². The molecule has 0 saturated heterocycles. The maximum atomic E-state index is 13.5. The summed E-state index contributed by atoms with van der Waals surface area (Å²) >= 11 is 0. The summed E-state index contributed by atoms with van der Waals surface area (Å²) in [7, 11) is 0. The van der Waals surface area contributed by atoms with Crippen LogP contribution in [0.3, 0.4) is 0 Å². The lowest BCUT2D eigenvalue weighted by Gasteiger charge is -2.19. The highest BCUT2D eigenvalue weighted by Gasteiger charge is 2.22. The van der Waals surface area contributed by atoms with Crippen LogP contribution in [0.5, 0.6) is 0 Å². The maximum absolute atomic E-state index is 13.5. The van der Waals surface area contributed by atoms with Crippen molar-refractivity contribution in [1.29, 1.82) is 0 Å². The first kappa shape index (κ1) is 26.0. The highest BCUT2D eigenvalue weighted by molar-refractivity contribution is 5.97. The third-order valence-corrected chi connectivity index (χ3v) is 6.27. The van der Waals surface area contributed by atoms with Crippen LogP contribution >= 0.6 is 0 Å². The van der Waals surface area contributed by atoms with E-state index in [2.05, 4.69) is 25.8 Å². The molecule has 0 atom stereocenters. The number of aryl methyl sites for hydroxylation is 1. The number of hydrogen-bond acceptors (Lipinski definition) is 5. The molecule has 0 N–H and O–H groups in total. The Labute approximate surface area is 215 Å². The minimum absolute atomic E-state index is 0.0363. The van der Waals surface area contributed by atoms with Gasteiger partial charge in [0.1, 0.15) is 16.9 Å². The van der Waals surface area contributed by atoms with Gasteiger partial charge in [-0.1, -0.05) is 39.0 Å². The molecular formula is C29H32N4O4. The lowest BCUT2D eigenvalue weighted by atomic mass is 9.87. The Kier molecular flexibility index (Phi) is 6.86. The Morgan fingerprint density at radius 2 is 1.76 bits per heavy atom. The molecule has 0 bridgehead atoms. The summed E-state index contributed by atoms with van der Waals surface area (Å²) < 4.78 is 8.40. The van der Waals surface area contributed by atoms with Gasteiger partial charge in [-0.3, -0.25) is 14.0 Å². The van der Waals surface area contributed by atoms with Crippen LogP contribution in [-0.2, 0) is 10.2 Å². The Balaban J connectivity index is 2.07. The fourth-order valence-electron chi connectivity index (χ4n) is 4.29. The van der Waals surface area contributed by atoms with Gasteiger partial charge in [-0.05, 0) is 68.5 Å². The SMILES string of the molecule is CCOC(=O)c1cc2c(=O)n3cccc(C)c3nc2n(C(C)C)c1=NC(=O)c1ccc(C(C)(C)C)cc1. The highest BCUT2D eigenvalue weighted by atomic mass is 16.5. The monoisotopic (exact) mass is 500 g/mol. The van der Waals surface area contributed by atoms with Crippen LogP contribution in [-0.4, -0.2) is 32.4 Å². The van der Waals surface area contributed by atoms with Gasteiger partial charge >= 0.3 is 5.97 Å². The normalized spacial score (nSPS) is 12.5. The second kappa shape index (κ2) is 9.76. The molecule has 8 nitrogen and oxygen atoms in total.